The SMILES string of the molecule is Nc1ncnc2n[nH]c(-c3ccc(Oc4ccccc4)cc3-c3[nH]nc4ncnc(N)c34)c12. The van der Waals surface area contributed by atoms with E-state index in [4.69, 9.17) is 16.2 Å². The molecule has 6 N–H and O–H groups in total. The molecule has 0 unspecified atom stereocenters. The number of nitrogens with zero attached hydrogens (tertiary/aromatic N) is 6. The lowest BCUT2D eigenvalue weighted by atomic mass is 9.98. The van der Waals surface area contributed by atoms with Crippen LogP contribution in [0, 0.1) is 0 Å². The number of nitrogen functional groups attached to an aromatic ring is 2. The Kier molecular flexibility index (Phi) is 4.12. The van der Waals surface area contributed by atoms with Gasteiger partial charge in [0.1, 0.15) is 35.8 Å². The third-order valence-electron chi connectivity index (χ3n) is 5.27. The van der Waals surface area contributed by atoms with Crippen molar-refractivity contribution in [2.75, 3.05) is 11.5 Å². The summed E-state index contributed by atoms with van der Waals surface area (Å²) in [4.78, 5) is 16.7. The summed E-state index contributed by atoms with van der Waals surface area (Å²) in [6.07, 6.45) is 2.75. The lowest BCUT2D eigenvalue weighted by Gasteiger charge is -2.12. The van der Waals surface area contributed by atoms with Crippen molar-refractivity contribution in [3.8, 4) is 34.0 Å². The van der Waals surface area contributed by atoms with Crippen molar-refractivity contribution in [1.29, 1.82) is 0 Å². The van der Waals surface area contributed by atoms with Gasteiger partial charge in [0.05, 0.1) is 22.2 Å². The van der Waals surface area contributed by atoms with Gasteiger partial charge in [0.25, 0.3) is 0 Å². The molecule has 4 heterocycles. The second-order valence-corrected chi connectivity index (χ2v) is 7.23. The Hall–Kier alpha value is -5.06. The van der Waals surface area contributed by atoms with Crippen LogP contribution in [-0.4, -0.2) is 40.3 Å². The number of nitrogens with one attached hydrogen (secondary N) is 2. The monoisotopic (exact) mass is 436 g/mol. The van der Waals surface area contributed by atoms with Gasteiger partial charge in [-0.3, -0.25) is 10.2 Å². The summed E-state index contributed by atoms with van der Waals surface area (Å²) in [5.41, 5.74) is 16.1. The summed E-state index contributed by atoms with van der Waals surface area (Å²) < 4.78 is 6.07. The molecule has 2 aromatic carbocycles. The van der Waals surface area contributed by atoms with Crippen LogP contribution in [0.25, 0.3) is 44.6 Å². The number of hydrogen-bond donors (Lipinski definition) is 4. The quantitative estimate of drug-likeness (QED) is 0.323. The molecule has 0 bridgehead atoms. The van der Waals surface area contributed by atoms with Crippen LogP contribution in [0.5, 0.6) is 11.5 Å². The Morgan fingerprint density at radius 2 is 1.24 bits per heavy atom. The average molecular weight is 436 g/mol. The fourth-order valence-electron chi connectivity index (χ4n) is 3.78. The smallest absolute Gasteiger partial charge is 0.186 e. The van der Waals surface area contributed by atoms with E-state index in [0.29, 0.717) is 56.6 Å². The van der Waals surface area contributed by atoms with E-state index in [2.05, 4.69) is 40.3 Å². The molecule has 0 saturated heterocycles. The van der Waals surface area contributed by atoms with Crippen LogP contribution in [0.1, 0.15) is 0 Å². The lowest BCUT2D eigenvalue weighted by molar-refractivity contribution is 0.483. The Morgan fingerprint density at radius 1 is 0.636 bits per heavy atom. The van der Waals surface area contributed by atoms with Gasteiger partial charge in [0.15, 0.2) is 11.3 Å². The van der Waals surface area contributed by atoms with Crippen molar-refractivity contribution in [3.05, 3.63) is 61.2 Å². The molecule has 0 aliphatic heterocycles. The van der Waals surface area contributed by atoms with Gasteiger partial charge in [-0.15, -0.1) is 0 Å². The van der Waals surface area contributed by atoms with Crippen LogP contribution >= 0.6 is 0 Å². The van der Waals surface area contributed by atoms with Gasteiger partial charge < -0.3 is 16.2 Å². The highest BCUT2D eigenvalue weighted by Gasteiger charge is 2.21. The second-order valence-electron chi connectivity index (χ2n) is 7.23. The number of aromatic nitrogens is 8. The molecule has 0 amide bonds. The van der Waals surface area contributed by atoms with Crippen LogP contribution in [0.3, 0.4) is 0 Å². The van der Waals surface area contributed by atoms with Crippen molar-refractivity contribution < 1.29 is 4.74 Å². The fraction of sp³-hybridized carbons (Fsp3) is 0. The molecule has 0 saturated carbocycles. The molecule has 6 rings (SSSR count). The van der Waals surface area contributed by atoms with E-state index < -0.39 is 0 Å². The van der Waals surface area contributed by atoms with E-state index >= 15 is 0 Å². The highest BCUT2D eigenvalue weighted by molar-refractivity contribution is 6.05. The Labute approximate surface area is 185 Å². The molecule has 4 aromatic heterocycles. The van der Waals surface area contributed by atoms with E-state index in [0.717, 1.165) is 11.1 Å². The summed E-state index contributed by atoms with van der Waals surface area (Å²) in [5.74, 6) is 1.95. The molecule has 0 radical (unpaired) electrons. The Bertz CT molecular complexity index is 1620. The van der Waals surface area contributed by atoms with Crippen molar-refractivity contribution >= 4 is 33.7 Å². The van der Waals surface area contributed by atoms with Crippen molar-refractivity contribution in [1.82, 2.24) is 40.3 Å². The summed E-state index contributed by atoms with van der Waals surface area (Å²) in [7, 11) is 0. The summed E-state index contributed by atoms with van der Waals surface area (Å²) in [5, 5.41) is 15.9. The van der Waals surface area contributed by atoms with E-state index in [1.165, 1.54) is 12.7 Å². The van der Waals surface area contributed by atoms with Gasteiger partial charge in [-0.05, 0) is 30.3 Å². The molecule has 160 valence electrons. The predicted molar refractivity (Wildman–Crippen MR) is 123 cm³/mol. The molecule has 0 atom stereocenters. The highest BCUT2D eigenvalue weighted by atomic mass is 16.5. The fourth-order valence-corrected chi connectivity index (χ4v) is 3.78. The van der Waals surface area contributed by atoms with Crippen LogP contribution in [0.4, 0.5) is 11.6 Å². The largest absolute Gasteiger partial charge is 0.457 e. The first kappa shape index (κ1) is 18.7. The zero-order valence-electron chi connectivity index (χ0n) is 17.0. The zero-order valence-corrected chi connectivity index (χ0v) is 17.0. The number of fused-ring (bicyclic) bond motifs is 2. The molecule has 6 aromatic rings. The van der Waals surface area contributed by atoms with Gasteiger partial charge in [0.2, 0.25) is 0 Å². The summed E-state index contributed by atoms with van der Waals surface area (Å²) in [6, 6.07) is 15.1. The normalized spacial score (nSPS) is 11.3. The maximum atomic E-state index is 6.18. The van der Waals surface area contributed by atoms with Crippen LogP contribution in [0.2, 0.25) is 0 Å². The molecule has 0 fully saturated rings. The maximum Gasteiger partial charge on any atom is 0.186 e. The van der Waals surface area contributed by atoms with Crippen LogP contribution in [0.15, 0.2) is 61.2 Å². The van der Waals surface area contributed by atoms with Crippen molar-refractivity contribution in [2.24, 2.45) is 0 Å². The number of benzene rings is 2. The summed E-state index contributed by atoms with van der Waals surface area (Å²) >= 11 is 0. The summed E-state index contributed by atoms with van der Waals surface area (Å²) in [6.45, 7) is 0. The number of anilines is 2. The highest BCUT2D eigenvalue weighted by Crippen LogP contribution is 2.40. The van der Waals surface area contributed by atoms with Crippen LogP contribution in [-0.2, 0) is 0 Å². The molecular formula is C22H16N10O. The maximum absolute atomic E-state index is 6.18. The number of H-pyrrole nitrogens is 2. The Morgan fingerprint density at radius 3 is 1.88 bits per heavy atom. The molecular weight excluding hydrogens is 420 g/mol. The first-order chi connectivity index (χ1) is 16.2. The van der Waals surface area contributed by atoms with E-state index in [1.54, 1.807) is 0 Å². The minimum atomic E-state index is 0.307. The van der Waals surface area contributed by atoms with Gasteiger partial charge >= 0.3 is 0 Å². The number of ether oxygens (including phenoxy) is 1. The molecule has 33 heavy (non-hydrogen) atoms. The minimum absolute atomic E-state index is 0.307. The van der Waals surface area contributed by atoms with Gasteiger partial charge in [0, 0.05) is 11.1 Å². The molecule has 11 heteroatoms. The van der Waals surface area contributed by atoms with Crippen molar-refractivity contribution in [2.45, 2.75) is 0 Å². The van der Waals surface area contributed by atoms with Gasteiger partial charge in [-0.1, -0.05) is 18.2 Å². The topological polar surface area (TPSA) is 170 Å². The van der Waals surface area contributed by atoms with Gasteiger partial charge in [-0.25, -0.2) is 19.9 Å². The molecule has 0 spiro atoms. The lowest BCUT2D eigenvalue weighted by Crippen LogP contribution is -1.96. The van der Waals surface area contributed by atoms with E-state index in [9.17, 15) is 0 Å². The zero-order chi connectivity index (χ0) is 22.4. The van der Waals surface area contributed by atoms with E-state index in [1.807, 2.05) is 48.5 Å². The number of nitrogens with two attached hydrogens (primary N) is 2. The first-order valence-electron chi connectivity index (χ1n) is 9.96. The second kappa shape index (κ2) is 7.27. The number of aromatic amines is 2. The number of para-hydroxylation sites is 1. The standard InChI is InChI=1S/C22H16N10O/c23-19-15-17(29-31-21(15)27-9-25-19)13-7-6-12(33-11-4-2-1-3-5-11)8-14(13)18-16-20(24)26-10-28-22(16)32-30-18/h1-10H,(H3,23,25,27,29,31)(H3,24,26,28,30,32). The minimum Gasteiger partial charge on any atom is -0.457 e. The molecule has 0 aliphatic rings. The van der Waals surface area contributed by atoms with Gasteiger partial charge in [-0.2, -0.15) is 10.2 Å². The van der Waals surface area contributed by atoms with Crippen LogP contribution < -0.4 is 16.2 Å². The number of hydrogen-bond acceptors (Lipinski definition) is 9. The molecule has 11 nitrogen and oxygen atoms in total. The first-order valence-corrected chi connectivity index (χ1v) is 9.96. The average Bonchev–Trinajstić information content (AvgIpc) is 3.46. The molecule has 0 aliphatic carbocycles. The third-order valence-corrected chi connectivity index (χ3v) is 5.27. The van der Waals surface area contributed by atoms with E-state index in [-0.39, 0.29) is 0 Å². The predicted octanol–water partition coefficient (Wildman–Crippen LogP) is 3.31. The number of rotatable bonds is 4. The third kappa shape index (κ3) is 3.07. The van der Waals surface area contributed by atoms with Crippen molar-refractivity contribution in [3.63, 3.8) is 0 Å². The Balaban J connectivity index is 1.61.